The summed E-state index contributed by atoms with van der Waals surface area (Å²) in [6, 6.07) is 0.509. The molecule has 0 aromatic heterocycles. The average molecular weight is 183 g/mol. The summed E-state index contributed by atoms with van der Waals surface area (Å²) in [5, 5.41) is 0. The van der Waals surface area contributed by atoms with Crippen molar-refractivity contribution in [3.05, 3.63) is 0 Å². The van der Waals surface area contributed by atoms with E-state index in [1.165, 1.54) is 12.8 Å². The summed E-state index contributed by atoms with van der Waals surface area (Å²) in [5.41, 5.74) is -0.357. The molecule has 0 aromatic carbocycles. The number of hydrogen-bond acceptors (Lipinski definition) is 2. The molecular formula is C10H17NO2. The summed E-state index contributed by atoms with van der Waals surface area (Å²) in [4.78, 5) is 13.5. The second kappa shape index (κ2) is 2.63. The van der Waals surface area contributed by atoms with E-state index in [2.05, 4.69) is 0 Å². The van der Waals surface area contributed by atoms with Crippen molar-refractivity contribution >= 4 is 6.09 Å². The number of ether oxygens (including phenoxy) is 1. The van der Waals surface area contributed by atoms with E-state index in [4.69, 9.17) is 4.74 Å². The third-order valence-corrected chi connectivity index (χ3v) is 2.65. The zero-order chi connectivity index (χ0) is 9.64. The standard InChI is InChI=1S/C10H17NO2/c1-10(2,3)13-9(12)11-5-4-7-6-8(7)11/h7-8H,4-6H2,1-3H3/t7-,8+/m1/s1. The van der Waals surface area contributed by atoms with Crippen molar-refractivity contribution in [1.82, 2.24) is 4.90 Å². The highest BCUT2D eigenvalue weighted by Gasteiger charge is 2.49. The van der Waals surface area contributed by atoms with Crippen molar-refractivity contribution in [1.29, 1.82) is 0 Å². The molecule has 0 bridgehead atoms. The van der Waals surface area contributed by atoms with Gasteiger partial charge in [-0.2, -0.15) is 0 Å². The number of nitrogens with zero attached hydrogens (tertiary/aromatic N) is 1. The molecule has 1 amide bonds. The molecular weight excluding hydrogens is 166 g/mol. The summed E-state index contributed by atoms with van der Waals surface area (Å²) < 4.78 is 5.31. The van der Waals surface area contributed by atoms with Gasteiger partial charge in [0.15, 0.2) is 0 Å². The fourth-order valence-electron chi connectivity index (χ4n) is 1.94. The Morgan fingerprint density at radius 3 is 2.54 bits per heavy atom. The van der Waals surface area contributed by atoms with Crippen LogP contribution in [0, 0.1) is 5.92 Å². The molecule has 2 atom stereocenters. The fourth-order valence-corrected chi connectivity index (χ4v) is 1.94. The van der Waals surface area contributed by atoms with Crippen LogP contribution >= 0.6 is 0 Å². The third kappa shape index (κ3) is 1.79. The van der Waals surface area contributed by atoms with Gasteiger partial charge in [0.05, 0.1) is 0 Å². The Hall–Kier alpha value is -0.730. The number of amides is 1. The first-order valence-corrected chi connectivity index (χ1v) is 4.97. The predicted octanol–water partition coefficient (Wildman–Crippen LogP) is 2.02. The van der Waals surface area contributed by atoms with Gasteiger partial charge in [0, 0.05) is 12.6 Å². The van der Waals surface area contributed by atoms with E-state index in [1.54, 1.807) is 0 Å². The van der Waals surface area contributed by atoms with E-state index in [9.17, 15) is 4.79 Å². The number of carbonyl (C=O) groups is 1. The summed E-state index contributed by atoms with van der Waals surface area (Å²) >= 11 is 0. The van der Waals surface area contributed by atoms with Crippen molar-refractivity contribution in [3.63, 3.8) is 0 Å². The largest absolute Gasteiger partial charge is 0.444 e. The number of fused-ring (bicyclic) bond motifs is 1. The minimum Gasteiger partial charge on any atom is -0.444 e. The van der Waals surface area contributed by atoms with Crippen LogP contribution in [0.5, 0.6) is 0 Å². The van der Waals surface area contributed by atoms with E-state index in [0.29, 0.717) is 6.04 Å². The maximum atomic E-state index is 11.6. The molecule has 0 aromatic rings. The number of carbonyl (C=O) groups excluding carboxylic acids is 1. The Bertz CT molecular complexity index is 232. The minimum absolute atomic E-state index is 0.127. The summed E-state index contributed by atoms with van der Waals surface area (Å²) in [6.07, 6.45) is 2.24. The molecule has 13 heavy (non-hydrogen) atoms. The lowest BCUT2D eigenvalue weighted by Gasteiger charge is -2.25. The maximum absolute atomic E-state index is 11.6. The van der Waals surface area contributed by atoms with Crippen LogP contribution in [-0.4, -0.2) is 29.2 Å². The summed E-state index contributed by atoms with van der Waals surface area (Å²) in [7, 11) is 0. The van der Waals surface area contributed by atoms with Gasteiger partial charge in [-0.15, -0.1) is 0 Å². The zero-order valence-corrected chi connectivity index (χ0v) is 8.54. The lowest BCUT2D eigenvalue weighted by molar-refractivity contribution is 0.0264. The van der Waals surface area contributed by atoms with Gasteiger partial charge in [0.1, 0.15) is 5.60 Å². The van der Waals surface area contributed by atoms with Crippen molar-refractivity contribution in [2.24, 2.45) is 5.92 Å². The Balaban J connectivity index is 1.90. The van der Waals surface area contributed by atoms with Gasteiger partial charge in [-0.1, -0.05) is 0 Å². The van der Waals surface area contributed by atoms with E-state index in [-0.39, 0.29) is 11.7 Å². The van der Waals surface area contributed by atoms with Gasteiger partial charge in [-0.25, -0.2) is 4.79 Å². The lowest BCUT2D eigenvalue weighted by atomic mass is 10.2. The van der Waals surface area contributed by atoms with Crippen LogP contribution in [0.25, 0.3) is 0 Å². The molecule has 74 valence electrons. The van der Waals surface area contributed by atoms with Gasteiger partial charge < -0.3 is 9.64 Å². The average Bonchev–Trinajstić information content (AvgIpc) is 2.59. The maximum Gasteiger partial charge on any atom is 0.410 e. The van der Waals surface area contributed by atoms with E-state index < -0.39 is 0 Å². The lowest BCUT2D eigenvalue weighted by Crippen LogP contribution is -2.36. The molecule has 1 aliphatic heterocycles. The molecule has 0 radical (unpaired) electrons. The fraction of sp³-hybridized carbons (Fsp3) is 0.900. The first-order valence-electron chi connectivity index (χ1n) is 4.97. The van der Waals surface area contributed by atoms with Crippen molar-refractivity contribution < 1.29 is 9.53 Å². The zero-order valence-electron chi connectivity index (χ0n) is 8.54. The van der Waals surface area contributed by atoms with Gasteiger partial charge in [-0.05, 0) is 39.5 Å². The molecule has 3 nitrogen and oxygen atoms in total. The van der Waals surface area contributed by atoms with E-state index in [1.807, 2.05) is 25.7 Å². The van der Waals surface area contributed by atoms with Gasteiger partial charge in [0.25, 0.3) is 0 Å². The predicted molar refractivity (Wildman–Crippen MR) is 49.5 cm³/mol. The number of rotatable bonds is 0. The van der Waals surface area contributed by atoms with Gasteiger partial charge >= 0.3 is 6.09 Å². The summed E-state index contributed by atoms with van der Waals surface area (Å²) in [6.45, 7) is 6.62. The van der Waals surface area contributed by atoms with Crippen LogP contribution in [0.4, 0.5) is 4.79 Å². The highest BCUT2D eigenvalue weighted by atomic mass is 16.6. The Morgan fingerprint density at radius 2 is 2.15 bits per heavy atom. The molecule has 1 heterocycles. The Kier molecular flexibility index (Phi) is 1.79. The van der Waals surface area contributed by atoms with Crippen LogP contribution in [0.3, 0.4) is 0 Å². The van der Waals surface area contributed by atoms with Gasteiger partial charge in [-0.3, -0.25) is 0 Å². The molecule has 0 spiro atoms. The molecule has 1 saturated heterocycles. The number of piperidine rings is 1. The van der Waals surface area contributed by atoms with E-state index >= 15 is 0 Å². The quantitative estimate of drug-likeness (QED) is 0.575. The molecule has 3 heteroatoms. The van der Waals surface area contributed by atoms with Crippen LogP contribution in [0.15, 0.2) is 0 Å². The normalized spacial score (nSPS) is 31.5. The Morgan fingerprint density at radius 1 is 1.46 bits per heavy atom. The van der Waals surface area contributed by atoms with E-state index in [0.717, 1.165) is 12.5 Å². The molecule has 1 aliphatic carbocycles. The Labute approximate surface area is 79.0 Å². The molecule has 2 rings (SSSR count). The van der Waals surface area contributed by atoms with Crippen molar-refractivity contribution in [3.8, 4) is 0 Å². The number of hydrogen-bond donors (Lipinski definition) is 0. The van der Waals surface area contributed by atoms with Crippen molar-refractivity contribution in [2.45, 2.75) is 45.3 Å². The molecule has 0 N–H and O–H groups in total. The monoisotopic (exact) mass is 183 g/mol. The SMILES string of the molecule is CC(C)(C)OC(=O)N1CC[C@@H]2C[C@@H]21. The molecule has 2 fully saturated rings. The first-order chi connectivity index (χ1) is 5.97. The number of likely N-dealkylation sites (tertiary alicyclic amines) is 1. The summed E-state index contributed by atoms with van der Waals surface area (Å²) in [5.74, 6) is 0.785. The highest BCUT2D eigenvalue weighted by molar-refractivity contribution is 5.69. The van der Waals surface area contributed by atoms with Crippen LogP contribution in [0.2, 0.25) is 0 Å². The molecule has 1 saturated carbocycles. The van der Waals surface area contributed by atoms with Crippen LogP contribution in [-0.2, 0) is 4.74 Å². The van der Waals surface area contributed by atoms with Crippen molar-refractivity contribution in [2.75, 3.05) is 6.54 Å². The van der Waals surface area contributed by atoms with Crippen LogP contribution < -0.4 is 0 Å². The topological polar surface area (TPSA) is 29.5 Å². The van der Waals surface area contributed by atoms with Crippen LogP contribution in [0.1, 0.15) is 33.6 Å². The first kappa shape index (κ1) is 8.85. The third-order valence-electron chi connectivity index (χ3n) is 2.65. The molecule has 2 aliphatic rings. The second-order valence-corrected chi connectivity index (χ2v) is 5.03. The second-order valence-electron chi connectivity index (χ2n) is 5.03. The van der Waals surface area contributed by atoms with Gasteiger partial charge in [0.2, 0.25) is 0 Å². The molecule has 0 unspecified atom stereocenters. The minimum atomic E-state index is -0.357. The highest BCUT2D eigenvalue weighted by Crippen LogP contribution is 2.44. The smallest absolute Gasteiger partial charge is 0.410 e.